The van der Waals surface area contributed by atoms with Gasteiger partial charge in [-0.25, -0.2) is 4.39 Å². The average Bonchev–Trinajstić information content (AvgIpc) is 2.48. The van der Waals surface area contributed by atoms with Crippen molar-refractivity contribution in [3.8, 4) is 6.07 Å². The first-order chi connectivity index (χ1) is 10.2. The van der Waals surface area contributed by atoms with Crippen LogP contribution in [0.3, 0.4) is 0 Å². The van der Waals surface area contributed by atoms with Gasteiger partial charge in [-0.1, -0.05) is 6.07 Å². The fourth-order valence-corrected chi connectivity index (χ4v) is 1.68. The Hall–Kier alpha value is -3.01. The third-order valence-corrected chi connectivity index (χ3v) is 2.60. The summed E-state index contributed by atoms with van der Waals surface area (Å²) in [6, 6.07) is 9.51. The molecule has 2 aromatic rings. The maximum Gasteiger partial charge on any atom is 0.238 e. The molecule has 0 unspecified atom stereocenters. The second kappa shape index (κ2) is 6.96. The van der Waals surface area contributed by atoms with Crippen molar-refractivity contribution in [2.75, 3.05) is 10.6 Å². The maximum absolute atomic E-state index is 13.9. The van der Waals surface area contributed by atoms with Gasteiger partial charge in [0.05, 0.1) is 29.7 Å². The Morgan fingerprint density at radius 3 is 2.90 bits per heavy atom. The quantitative estimate of drug-likeness (QED) is 0.877. The molecule has 1 aromatic carbocycles. The van der Waals surface area contributed by atoms with Crippen molar-refractivity contribution in [2.24, 2.45) is 0 Å². The van der Waals surface area contributed by atoms with Crippen LogP contribution in [0.1, 0.15) is 12.1 Å². The second-order valence-electron chi connectivity index (χ2n) is 4.11. The lowest BCUT2D eigenvalue weighted by atomic mass is 10.2. The monoisotopic (exact) mass is 285 g/mol. The molecule has 6 nitrogen and oxygen atoms in total. The third-order valence-electron chi connectivity index (χ3n) is 2.60. The largest absolute Gasteiger partial charge is 0.375 e. The van der Waals surface area contributed by atoms with E-state index in [0.29, 0.717) is 5.69 Å². The number of anilines is 2. The molecule has 0 fully saturated rings. The number of nitrogens with one attached hydrogen (secondary N) is 2. The molecule has 0 aliphatic heterocycles. The highest BCUT2D eigenvalue weighted by Crippen LogP contribution is 2.25. The molecular formula is C14H12FN5O. The minimum Gasteiger partial charge on any atom is -0.375 e. The lowest BCUT2D eigenvalue weighted by molar-refractivity contribution is -0.115. The van der Waals surface area contributed by atoms with E-state index in [1.54, 1.807) is 30.5 Å². The number of amides is 1. The number of nitrogens with zero attached hydrogens (tertiary/aromatic N) is 3. The summed E-state index contributed by atoms with van der Waals surface area (Å²) in [6.45, 7) is 0.260. The summed E-state index contributed by atoms with van der Waals surface area (Å²) in [5.41, 5.74) is 1.06. The molecular weight excluding hydrogens is 273 g/mol. The van der Waals surface area contributed by atoms with Crippen LogP contribution in [0.5, 0.6) is 0 Å². The second-order valence-corrected chi connectivity index (χ2v) is 4.11. The van der Waals surface area contributed by atoms with Crippen molar-refractivity contribution in [3.05, 3.63) is 48.0 Å². The van der Waals surface area contributed by atoms with E-state index >= 15 is 0 Å². The molecule has 7 heteroatoms. The van der Waals surface area contributed by atoms with E-state index in [9.17, 15) is 9.18 Å². The number of hydrogen-bond acceptors (Lipinski definition) is 5. The van der Waals surface area contributed by atoms with Crippen LogP contribution in [-0.2, 0) is 11.3 Å². The summed E-state index contributed by atoms with van der Waals surface area (Å²) in [4.78, 5) is 11.4. The van der Waals surface area contributed by atoms with E-state index in [1.807, 2.05) is 0 Å². The summed E-state index contributed by atoms with van der Waals surface area (Å²) >= 11 is 0. The van der Waals surface area contributed by atoms with Crippen LogP contribution in [0.15, 0.2) is 36.5 Å². The lowest BCUT2D eigenvalue weighted by Crippen LogP contribution is -2.13. The standard InChI is InChI=1S/C14H12FN5O/c15-11-4-1-5-12(19-13(21)6-7-16)14(11)17-9-10-3-2-8-18-20-10/h1-5,8,17H,6,9H2,(H,19,21). The van der Waals surface area contributed by atoms with Gasteiger partial charge in [0, 0.05) is 6.20 Å². The first kappa shape index (κ1) is 14.4. The summed E-state index contributed by atoms with van der Waals surface area (Å²) in [5.74, 6) is -1.00. The van der Waals surface area contributed by atoms with Crippen LogP contribution < -0.4 is 10.6 Å². The molecule has 1 aromatic heterocycles. The zero-order chi connectivity index (χ0) is 15.1. The van der Waals surface area contributed by atoms with Crippen molar-refractivity contribution < 1.29 is 9.18 Å². The highest BCUT2D eigenvalue weighted by Gasteiger charge is 2.11. The van der Waals surface area contributed by atoms with Crippen LogP contribution in [-0.4, -0.2) is 16.1 Å². The van der Waals surface area contributed by atoms with Crippen LogP contribution in [0.2, 0.25) is 0 Å². The zero-order valence-electron chi connectivity index (χ0n) is 11.0. The summed E-state index contributed by atoms with van der Waals surface area (Å²) < 4.78 is 13.9. The van der Waals surface area contributed by atoms with Crippen molar-refractivity contribution in [1.82, 2.24) is 10.2 Å². The van der Waals surface area contributed by atoms with Gasteiger partial charge < -0.3 is 10.6 Å². The van der Waals surface area contributed by atoms with E-state index in [2.05, 4.69) is 20.8 Å². The molecule has 0 aliphatic rings. The molecule has 0 saturated carbocycles. The van der Waals surface area contributed by atoms with Gasteiger partial charge in [-0.2, -0.15) is 15.5 Å². The number of nitriles is 1. The van der Waals surface area contributed by atoms with Crippen molar-refractivity contribution in [3.63, 3.8) is 0 Å². The Morgan fingerprint density at radius 1 is 1.33 bits per heavy atom. The third kappa shape index (κ3) is 3.98. The smallest absolute Gasteiger partial charge is 0.238 e. The number of hydrogen-bond donors (Lipinski definition) is 2. The number of benzene rings is 1. The predicted octanol–water partition coefficient (Wildman–Crippen LogP) is 2.08. The van der Waals surface area contributed by atoms with Crippen molar-refractivity contribution in [1.29, 1.82) is 5.26 Å². The molecule has 106 valence electrons. The molecule has 2 N–H and O–H groups in total. The van der Waals surface area contributed by atoms with Gasteiger partial charge >= 0.3 is 0 Å². The fourth-order valence-electron chi connectivity index (χ4n) is 1.68. The summed E-state index contributed by atoms with van der Waals surface area (Å²) in [7, 11) is 0. The van der Waals surface area contributed by atoms with Crippen molar-refractivity contribution >= 4 is 17.3 Å². The maximum atomic E-state index is 13.9. The van der Waals surface area contributed by atoms with Crippen molar-refractivity contribution in [2.45, 2.75) is 13.0 Å². The molecule has 0 bridgehead atoms. The predicted molar refractivity (Wildman–Crippen MR) is 74.6 cm³/mol. The van der Waals surface area contributed by atoms with E-state index in [4.69, 9.17) is 5.26 Å². The first-order valence-electron chi connectivity index (χ1n) is 6.16. The Labute approximate surface area is 120 Å². The van der Waals surface area contributed by atoms with Crippen LogP contribution in [0, 0.1) is 17.1 Å². The Balaban J connectivity index is 2.14. The first-order valence-corrected chi connectivity index (χ1v) is 6.16. The fraction of sp³-hybridized carbons (Fsp3) is 0.143. The molecule has 1 amide bonds. The number of para-hydroxylation sites is 1. The number of carbonyl (C=O) groups excluding carboxylic acids is 1. The van der Waals surface area contributed by atoms with Gasteiger partial charge in [-0.05, 0) is 24.3 Å². The van der Waals surface area contributed by atoms with Gasteiger partial charge in [0.1, 0.15) is 12.2 Å². The number of halogens is 1. The average molecular weight is 285 g/mol. The van der Waals surface area contributed by atoms with Crippen LogP contribution in [0.4, 0.5) is 15.8 Å². The SMILES string of the molecule is N#CCC(=O)Nc1cccc(F)c1NCc1cccnn1. The van der Waals surface area contributed by atoms with Gasteiger partial charge in [-0.15, -0.1) is 0 Å². The topological polar surface area (TPSA) is 90.7 Å². The van der Waals surface area contributed by atoms with Crippen LogP contribution in [0.25, 0.3) is 0 Å². The molecule has 0 radical (unpaired) electrons. The van der Waals surface area contributed by atoms with Gasteiger partial charge in [0.15, 0.2) is 0 Å². The number of aromatic nitrogens is 2. The number of carbonyl (C=O) groups is 1. The summed E-state index contributed by atoms with van der Waals surface area (Å²) in [6.07, 6.45) is 1.25. The Kier molecular flexibility index (Phi) is 4.77. The Morgan fingerprint density at radius 2 is 2.19 bits per heavy atom. The number of rotatable bonds is 5. The molecule has 0 aliphatic carbocycles. The van der Waals surface area contributed by atoms with E-state index in [0.717, 1.165) is 0 Å². The highest BCUT2D eigenvalue weighted by molar-refractivity contribution is 5.95. The van der Waals surface area contributed by atoms with E-state index in [-0.39, 0.29) is 24.3 Å². The van der Waals surface area contributed by atoms with Crippen LogP contribution >= 0.6 is 0 Å². The molecule has 21 heavy (non-hydrogen) atoms. The molecule has 0 saturated heterocycles. The van der Waals surface area contributed by atoms with Gasteiger partial charge in [0.25, 0.3) is 0 Å². The molecule has 2 rings (SSSR count). The minimum absolute atomic E-state index is 0.148. The minimum atomic E-state index is -0.506. The lowest BCUT2D eigenvalue weighted by Gasteiger charge is -2.13. The molecule has 1 heterocycles. The van der Waals surface area contributed by atoms with E-state index < -0.39 is 11.7 Å². The molecule has 0 atom stereocenters. The van der Waals surface area contributed by atoms with Gasteiger partial charge in [-0.3, -0.25) is 4.79 Å². The highest BCUT2D eigenvalue weighted by atomic mass is 19.1. The summed E-state index contributed by atoms with van der Waals surface area (Å²) in [5, 5.41) is 21.4. The zero-order valence-corrected chi connectivity index (χ0v) is 11.0. The molecule has 0 spiro atoms. The Bertz CT molecular complexity index is 669. The van der Waals surface area contributed by atoms with E-state index in [1.165, 1.54) is 12.1 Å². The normalized spacial score (nSPS) is 9.71. The van der Waals surface area contributed by atoms with Gasteiger partial charge in [0.2, 0.25) is 5.91 Å².